The number of hydrogen-bond donors (Lipinski definition) is 3. The Morgan fingerprint density at radius 1 is 1.05 bits per heavy atom. The molecule has 3 aromatic carbocycles. The Labute approximate surface area is 227 Å². The van der Waals surface area contributed by atoms with E-state index < -0.39 is 21.1 Å². The van der Waals surface area contributed by atoms with Gasteiger partial charge in [-0.2, -0.15) is 0 Å². The van der Waals surface area contributed by atoms with Crippen LogP contribution in [0, 0.1) is 10.1 Å². The van der Waals surface area contributed by atoms with Crippen molar-refractivity contribution < 1.29 is 18.4 Å². The van der Waals surface area contributed by atoms with Crippen LogP contribution in [0.15, 0.2) is 96.3 Å². The number of nitrogens with one attached hydrogen (secondary N) is 2. The van der Waals surface area contributed by atoms with Crippen LogP contribution in [0.4, 0.5) is 11.4 Å². The summed E-state index contributed by atoms with van der Waals surface area (Å²) < 4.78 is 29.8. The van der Waals surface area contributed by atoms with E-state index in [0.717, 1.165) is 17.7 Å². The van der Waals surface area contributed by atoms with E-state index in [9.17, 15) is 23.6 Å². The largest absolute Gasteiger partial charge is 0.387 e. The summed E-state index contributed by atoms with van der Waals surface area (Å²) in [5.74, 6) is 0. The van der Waals surface area contributed by atoms with E-state index in [1.807, 2.05) is 24.6 Å². The Balaban J connectivity index is 1.31. The van der Waals surface area contributed by atoms with Crippen LogP contribution in [0.25, 0.3) is 11.3 Å². The van der Waals surface area contributed by atoms with Gasteiger partial charge in [-0.1, -0.05) is 30.3 Å². The molecule has 3 N–H and O–H groups in total. The van der Waals surface area contributed by atoms with E-state index in [-0.39, 0.29) is 22.7 Å². The summed E-state index contributed by atoms with van der Waals surface area (Å²) in [6, 6.07) is 21.1. The van der Waals surface area contributed by atoms with Gasteiger partial charge in [0.25, 0.3) is 15.7 Å². The lowest BCUT2D eigenvalue weighted by Gasteiger charge is -2.28. The Hall–Kier alpha value is -4.06. The molecular formula is C28H31N5O5S. The molecule has 1 aromatic heterocycles. The van der Waals surface area contributed by atoms with E-state index in [1.54, 1.807) is 60.9 Å². The first kappa shape index (κ1) is 28.0. The molecule has 0 radical (unpaired) electrons. The number of rotatable bonds is 12. The molecule has 0 aliphatic heterocycles. The van der Waals surface area contributed by atoms with Crippen LogP contribution in [0.5, 0.6) is 0 Å². The molecule has 4 rings (SSSR count). The van der Waals surface area contributed by atoms with Crippen molar-refractivity contribution in [3.05, 3.63) is 107 Å². The van der Waals surface area contributed by atoms with E-state index in [2.05, 4.69) is 15.0 Å². The molecular weight excluding hydrogens is 518 g/mol. The minimum atomic E-state index is -3.73. The average molecular weight is 550 g/mol. The first-order chi connectivity index (χ1) is 18.5. The zero-order valence-corrected chi connectivity index (χ0v) is 22.5. The van der Waals surface area contributed by atoms with Crippen LogP contribution in [-0.4, -0.2) is 40.1 Å². The van der Waals surface area contributed by atoms with Gasteiger partial charge in [0.2, 0.25) is 0 Å². The smallest absolute Gasteiger partial charge is 0.269 e. The normalized spacial score (nSPS) is 12.7. The van der Waals surface area contributed by atoms with Gasteiger partial charge in [-0.05, 0) is 62.2 Å². The molecule has 0 aliphatic carbocycles. The van der Waals surface area contributed by atoms with Crippen LogP contribution >= 0.6 is 0 Å². The highest BCUT2D eigenvalue weighted by atomic mass is 32.2. The topological polar surface area (TPSA) is 139 Å². The molecule has 1 heterocycles. The summed E-state index contributed by atoms with van der Waals surface area (Å²) in [4.78, 5) is 15.0. The van der Waals surface area contributed by atoms with Crippen LogP contribution in [0.1, 0.15) is 31.9 Å². The first-order valence-corrected chi connectivity index (χ1v) is 13.9. The summed E-state index contributed by atoms with van der Waals surface area (Å²) >= 11 is 0. The van der Waals surface area contributed by atoms with Crippen molar-refractivity contribution in [3.63, 3.8) is 0 Å². The van der Waals surface area contributed by atoms with Crippen LogP contribution in [-0.2, 0) is 16.6 Å². The molecule has 0 amide bonds. The van der Waals surface area contributed by atoms with E-state index in [1.165, 1.54) is 24.3 Å². The van der Waals surface area contributed by atoms with Crippen molar-refractivity contribution >= 4 is 21.4 Å². The molecule has 1 atom stereocenters. The fraction of sp³-hybridized carbons (Fsp3) is 0.250. The minimum Gasteiger partial charge on any atom is -0.387 e. The molecule has 0 spiro atoms. The summed E-state index contributed by atoms with van der Waals surface area (Å²) in [6.07, 6.45) is 3.53. The standard InChI is InChI=1S/C28H31N5O5S/c1-28(2,15-16-32-19-26(29-20-32)21-11-13-24(14-12-21)33(35)36)30-18-27(34)22-7-6-8-23(17-22)31-39(37,38)25-9-4-3-5-10-25/h3-14,17,19-20,27,30-31,34H,15-16,18H2,1-2H3. The number of anilines is 1. The fourth-order valence-electron chi connectivity index (χ4n) is 4.00. The van der Waals surface area contributed by atoms with Crippen LogP contribution in [0.3, 0.4) is 0 Å². The summed E-state index contributed by atoms with van der Waals surface area (Å²) in [7, 11) is -3.73. The van der Waals surface area contributed by atoms with Crippen molar-refractivity contribution in [2.24, 2.45) is 0 Å². The summed E-state index contributed by atoms with van der Waals surface area (Å²) in [6.45, 7) is 5.03. The number of hydrogen-bond acceptors (Lipinski definition) is 7. The lowest BCUT2D eigenvalue weighted by molar-refractivity contribution is -0.384. The maximum Gasteiger partial charge on any atom is 0.269 e. The zero-order valence-electron chi connectivity index (χ0n) is 21.7. The number of nitrogens with zero attached hydrogens (tertiary/aromatic N) is 3. The van der Waals surface area contributed by atoms with Gasteiger partial charge in [-0.15, -0.1) is 0 Å². The fourth-order valence-corrected chi connectivity index (χ4v) is 5.07. The molecule has 11 heteroatoms. The van der Waals surface area contributed by atoms with Gasteiger partial charge in [-0.25, -0.2) is 13.4 Å². The highest BCUT2D eigenvalue weighted by Crippen LogP contribution is 2.23. The highest BCUT2D eigenvalue weighted by molar-refractivity contribution is 7.92. The number of β-amino-alcohol motifs (C(OH)–C–C–N with tert-alkyl or cyclic N) is 1. The lowest BCUT2D eigenvalue weighted by Crippen LogP contribution is -2.42. The second-order valence-corrected chi connectivity index (χ2v) is 11.6. The van der Waals surface area contributed by atoms with Crippen molar-refractivity contribution in [1.29, 1.82) is 0 Å². The predicted octanol–water partition coefficient (Wildman–Crippen LogP) is 4.75. The van der Waals surface area contributed by atoms with E-state index >= 15 is 0 Å². The number of aliphatic hydroxyl groups excluding tert-OH is 1. The van der Waals surface area contributed by atoms with Gasteiger partial charge < -0.3 is 15.0 Å². The number of aromatic nitrogens is 2. The minimum absolute atomic E-state index is 0.0356. The van der Waals surface area contributed by atoms with Crippen molar-refractivity contribution in [2.75, 3.05) is 11.3 Å². The second-order valence-electron chi connectivity index (χ2n) is 9.88. The maximum atomic E-state index is 12.6. The maximum absolute atomic E-state index is 12.6. The number of aryl methyl sites for hydroxylation is 1. The molecule has 10 nitrogen and oxygen atoms in total. The number of benzene rings is 3. The number of imidazole rings is 1. The summed E-state index contributed by atoms with van der Waals surface area (Å²) in [5.41, 5.74) is 2.22. The van der Waals surface area contributed by atoms with Gasteiger partial charge in [0.15, 0.2) is 0 Å². The third-order valence-corrected chi connectivity index (χ3v) is 7.75. The zero-order chi connectivity index (χ0) is 28.0. The third-order valence-electron chi connectivity index (χ3n) is 6.35. The first-order valence-electron chi connectivity index (χ1n) is 12.4. The molecule has 0 bridgehead atoms. The Morgan fingerprint density at radius 2 is 1.77 bits per heavy atom. The molecule has 204 valence electrons. The van der Waals surface area contributed by atoms with Crippen LogP contribution in [0.2, 0.25) is 0 Å². The predicted molar refractivity (Wildman–Crippen MR) is 150 cm³/mol. The monoisotopic (exact) mass is 549 g/mol. The summed E-state index contributed by atoms with van der Waals surface area (Å²) in [5, 5.41) is 25.0. The molecule has 0 fully saturated rings. The van der Waals surface area contributed by atoms with Gasteiger partial charge in [0, 0.05) is 48.2 Å². The molecule has 0 saturated heterocycles. The Morgan fingerprint density at radius 3 is 2.46 bits per heavy atom. The SMILES string of the molecule is CC(C)(CCn1cnc(-c2ccc([N+](=O)[O-])cc2)c1)NCC(O)c1cccc(NS(=O)(=O)c2ccccc2)c1. The van der Waals surface area contributed by atoms with Crippen molar-refractivity contribution in [3.8, 4) is 11.3 Å². The van der Waals surface area contributed by atoms with E-state index in [4.69, 9.17) is 0 Å². The van der Waals surface area contributed by atoms with Gasteiger partial charge >= 0.3 is 0 Å². The number of sulfonamides is 1. The van der Waals surface area contributed by atoms with Gasteiger partial charge in [0.05, 0.1) is 27.9 Å². The second kappa shape index (κ2) is 11.8. The third kappa shape index (κ3) is 7.50. The Bertz CT molecular complexity index is 1520. The van der Waals surface area contributed by atoms with Crippen LogP contribution < -0.4 is 10.0 Å². The quantitative estimate of drug-likeness (QED) is 0.171. The molecule has 0 saturated carbocycles. The number of non-ortho nitro benzene ring substituents is 1. The van der Waals surface area contributed by atoms with E-state index in [0.29, 0.717) is 17.8 Å². The van der Waals surface area contributed by atoms with Gasteiger partial charge in [0.1, 0.15) is 0 Å². The van der Waals surface area contributed by atoms with Gasteiger partial charge in [-0.3, -0.25) is 14.8 Å². The van der Waals surface area contributed by atoms with Crippen molar-refractivity contribution in [2.45, 2.75) is 43.4 Å². The Kier molecular flexibility index (Phi) is 8.44. The number of aliphatic hydroxyl groups is 1. The number of nitro groups is 1. The van der Waals surface area contributed by atoms with Crippen molar-refractivity contribution in [1.82, 2.24) is 14.9 Å². The molecule has 0 aliphatic rings. The number of nitro benzene ring substituents is 1. The molecule has 1 unspecified atom stereocenters. The highest BCUT2D eigenvalue weighted by Gasteiger charge is 2.20. The lowest BCUT2D eigenvalue weighted by atomic mass is 9.99. The molecule has 4 aromatic rings. The molecule has 39 heavy (non-hydrogen) atoms. The average Bonchev–Trinajstić information content (AvgIpc) is 3.40.